The van der Waals surface area contributed by atoms with Crippen molar-refractivity contribution in [2.24, 2.45) is 0 Å². The lowest BCUT2D eigenvalue weighted by atomic mass is 10.2. The van der Waals surface area contributed by atoms with Gasteiger partial charge in [0.25, 0.3) is 0 Å². The molecule has 0 unspecified atom stereocenters. The van der Waals surface area contributed by atoms with Crippen LogP contribution in [0, 0.1) is 5.82 Å². The molecule has 114 valence electrons. The summed E-state index contributed by atoms with van der Waals surface area (Å²) in [5.74, 6) is -0.898. The van der Waals surface area contributed by atoms with E-state index in [2.05, 4.69) is 5.32 Å². The van der Waals surface area contributed by atoms with Gasteiger partial charge in [0, 0.05) is 25.2 Å². The van der Waals surface area contributed by atoms with Gasteiger partial charge in [-0.15, -0.1) is 0 Å². The van der Waals surface area contributed by atoms with Gasteiger partial charge in [0.2, 0.25) is 11.8 Å². The van der Waals surface area contributed by atoms with Crippen LogP contribution in [0.5, 0.6) is 0 Å². The third-order valence-corrected chi connectivity index (χ3v) is 3.18. The Morgan fingerprint density at radius 1 is 1.48 bits per heavy atom. The number of hydrogen-bond acceptors (Lipinski definition) is 4. The van der Waals surface area contributed by atoms with Crippen LogP contribution >= 0.6 is 0 Å². The van der Waals surface area contributed by atoms with E-state index in [9.17, 15) is 14.0 Å². The highest BCUT2D eigenvalue weighted by atomic mass is 19.1. The molecule has 0 aliphatic carbocycles. The van der Waals surface area contributed by atoms with Crippen LogP contribution in [0.3, 0.4) is 0 Å². The van der Waals surface area contributed by atoms with Crippen molar-refractivity contribution in [1.29, 1.82) is 0 Å². The SMILES string of the molecule is Nc1ccc(F)c(NC(=O)CCCN2CCOCC2=O)c1. The van der Waals surface area contributed by atoms with Crippen molar-refractivity contribution in [3.05, 3.63) is 24.0 Å². The number of carbonyl (C=O) groups is 2. The van der Waals surface area contributed by atoms with E-state index in [1.807, 2.05) is 0 Å². The Labute approximate surface area is 122 Å². The summed E-state index contributed by atoms with van der Waals surface area (Å²) in [6.45, 7) is 1.66. The van der Waals surface area contributed by atoms with Crippen LogP contribution in [0.4, 0.5) is 15.8 Å². The van der Waals surface area contributed by atoms with E-state index in [1.54, 1.807) is 4.90 Å². The first-order chi connectivity index (χ1) is 10.1. The molecule has 2 amide bonds. The molecule has 0 atom stereocenters. The first-order valence-corrected chi connectivity index (χ1v) is 6.76. The first-order valence-electron chi connectivity index (χ1n) is 6.76. The Morgan fingerprint density at radius 3 is 3.05 bits per heavy atom. The Hall–Kier alpha value is -2.15. The number of morpholine rings is 1. The topological polar surface area (TPSA) is 84.7 Å². The highest BCUT2D eigenvalue weighted by molar-refractivity contribution is 5.91. The number of nitrogen functional groups attached to an aromatic ring is 1. The molecule has 1 aromatic carbocycles. The summed E-state index contributed by atoms with van der Waals surface area (Å²) in [4.78, 5) is 24.9. The van der Waals surface area contributed by atoms with E-state index in [0.717, 1.165) is 0 Å². The van der Waals surface area contributed by atoms with Crippen molar-refractivity contribution in [3.63, 3.8) is 0 Å². The molecule has 1 aromatic rings. The predicted molar refractivity (Wildman–Crippen MR) is 76.1 cm³/mol. The van der Waals surface area contributed by atoms with Gasteiger partial charge in [-0.1, -0.05) is 0 Å². The Morgan fingerprint density at radius 2 is 2.29 bits per heavy atom. The van der Waals surface area contributed by atoms with Crippen LogP contribution in [-0.4, -0.2) is 43.0 Å². The lowest BCUT2D eigenvalue weighted by Crippen LogP contribution is -2.42. The Balaban J connectivity index is 1.77. The molecule has 1 fully saturated rings. The van der Waals surface area contributed by atoms with Crippen LogP contribution in [0.15, 0.2) is 18.2 Å². The summed E-state index contributed by atoms with van der Waals surface area (Å²) in [6.07, 6.45) is 0.723. The van der Waals surface area contributed by atoms with Gasteiger partial charge in [0.15, 0.2) is 0 Å². The molecule has 7 heteroatoms. The summed E-state index contributed by atoms with van der Waals surface area (Å²) < 4.78 is 18.5. The van der Waals surface area contributed by atoms with Crippen LogP contribution in [-0.2, 0) is 14.3 Å². The minimum atomic E-state index is -0.527. The second kappa shape index (κ2) is 7.03. The molecule has 1 saturated heterocycles. The fourth-order valence-corrected chi connectivity index (χ4v) is 2.07. The highest BCUT2D eigenvalue weighted by Crippen LogP contribution is 2.17. The van der Waals surface area contributed by atoms with E-state index in [1.165, 1.54) is 18.2 Å². The molecule has 6 nitrogen and oxygen atoms in total. The zero-order chi connectivity index (χ0) is 15.2. The van der Waals surface area contributed by atoms with Crippen molar-refractivity contribution in [1.82, 2.24) is 4.90 Å². The van der Waals surface area contributed by atoms with E-state index in [4.69, 9.17) is 10.5 Å². The quantitative estimate of drug-likeness (QED) is 0.793. The number of halogens is 1. The van der Waals surface area contributed by atoms with Crippen LogP contribution in [0.25, 0.3) is 0 Å². The summed E-state index contributed by atoms with van der Waals surface area (Å²) in [7, 11) is 0. The smallest absolute Gasteiger partial charge is 0.248 e. The number of nitrogens with two attached hydrogens (primary N) is 1. The number of amides is 2. The van der Waals surface area contributed by atoms with E-state index in [-0.39, 0.29) is 30.5 Å². The van der Waals surface area contributed by atoms with Gasteiger partial charge in [-0.2, -0.15) is 0 Å². The number of anilines is 2. The van der Waals surface area contributed by atoms with Gasteiger partial charge in [-0.05, 0) is 24.6 Å². The molecule has 1 aliphatic heterocycles. The molecule has 1 heterocycles. The van der Waals surface area contributed by atoms with Gasteiger partial charge in [-0.25, -0.2) is 4.39 Å². The van der Waals surface area contributed by atoms with Crippen molar-refractivity contribution < 1.29 is 18.7 Å². The number of carbonyl (C=O) groups excluding carboxylic acids is 2. The van der Waals surface area contributed by atoms with Crippen molar-refractivity contribution in [2.75, 3.05) is 37.4 Å². The van der Waals surface area contributed by atoms with E-state index >= 15 is 0 Å². The maximum atomic E-state index is 13.5. The van der Waals surface area contributed by atoms with Crippen molar-refractivity contribution >= 4 is 23.2 Å². The minimum absolute atomic E-state index is 0.0662. The highest BCUT2D eigenvalue weighted by Gasteiger charge is 2.18. The third-order valence-electron chi connectivity index (χ3n) is 3.18. The summed E-state index contributed by atoms with van der Waals surface area (Å²) in [5.41, 5.74) is 5.99. The fourth-order valence-electron chi connectivity index (χ4n) is 2.07. The largest absolute Gasteiger partial charge is 0.399 e. The maximum absolute atomic E-state index is 13.5. The maximum Gasteiger partial charge on any atom is 0.248 e. The number of ether oxygens (including phenoxy) is 1. The number of hydrogen-bond donors (Lipinski definition) is 2. The summed E-state index contributed by atoms with van der Waals surface area (Å²) in [5, 5.41) is 2.48. The molecule has 0 aromatic heterocycles. The lowest BCUT2D eigenvalue weighted by Gasteiger charge is -2.26. The van der Waals surface area contributed by atoms with Crippen LogP contribution in [0.1, 0.15) is 12.8 Å². The molecule has 1 aliphatic rings. The van der Waals surface area contributed by atoms with Crippen LogP contribution < -0.4 is 11.1 Å². The Kier molecular flexibility index (Phi) is 5.10. The van der Waals surface area contributed by atoms with E-state index < -0.39 is 5.82 Å². The molecule has 2 rings (SSSR count). The number of rotatable bonds is 5. The zero-order valence-corrected chi connectivity index (χ0v) is 11.6. The summed E-state index contributed by atoms with van der Waals surface area (Å²) in [6, 6.07) is 4.01. The van der Waals surface area contributed by atoms with Gasteiger partial charge >= 0.3 is 0 Å². The average Bonchev–Trinajstić information content (AvgIpc) is 2.45. The first kappa shape index (κ1) is 15.2. The standard InChI is InChI=1S/C14H18FN3O3/c15-11-4-3-10(16)8-12(11)17-13(19)2-1-5-18-6-7-21-9-14(18)20/h3-4,8H,1-2,5-7,9,16H2,(H,17,19). The second-order valence-electron chi connectivity index (χ2n) is 4.82. The summed E-state index contributed by atoms with van der Waals surface area (Å²) >= 11 is 0. The van der Waals surface area contributed by atoms with Gasteiger partial charge < -0.3 is 20.7 Å². The molecular formula is C14H18FN3O3. The monoisotopic (exact) mass is 295 g/mol. The van der Waals surface area contributed by atoms with E-state index in [0.29, 0.717) is 31.8 Å². The lowest BCUT2D eigenvalue weighted by molar-refractivity contribution is -0.142. The zero-order valence-electron chi connectivity index (χ0n) is 11.6. The normalized spacial score (nSPS) is 15.1. The minimum Gasteiger partial charge on any atom is -0.399 e. The molecule has 0 saturated carbocycles. The van der Waals surface area contributed by atoms with Gasteiger partial charge in [0.05, 0.1) is 12.3 Å². The van der Waals surface area contributed by atoms with Gasteiger partial charge in [-0.3, -0.25) is 9.59 Å². The molecule has 3 N–H and O–H groups in total. The molecule has 0 spiro atoms. The molecule has 21 heavy (non-hydrogen) atoms. The predicted octanol–water partition coefficient (Wildman–Crippen LogP) is 0.985. The molecule has 0 radical (unpaired) electrons. The Bertz CT molecular complexity index is 536. The number of nitrogens with zero attached hydrogens (tertiary/aromatic N) is 1. The van der Waals surface area contributed by atoms with Crippen molar-refractivity contribution in [3.8, 4) is 0 Å². The average molecular weight is 295 g/mol. The fraction of sp³-hybridized carbons (Fsp3) is 0.429. The molecule has 0 bridgehead atoms. The number of nitrogens with one attached hydrogen (secondary N) is 1. The second-order valence-corrected chi connectivity index (χ2v) is 4.82. The third kappa shape index (κ3) is 4.42. The van der Waals surface area contributed by atoms with Crippen molar-refractivity contribution in [2.45, 2.75) is 12.8 Å². The number of benzene rings is 1. The van der Waals surface area contributed by atoms with Gasteiger partial charge in [0.1, 0.15) is 12.4 Å². The molecular weight excluding hydrogens is 277 g/mol. The van der Waals surface area contributed by atoms with Crippen LogP contribution in [0.2, 0.25) is 0 Å².